The summed E-state index contributed by atoms with van der Waals surface area (Å²) in [5, 5.41) is 0. The van der Waals surface area contributed by atoms with Crippen LogP contribution < -0.4 is 0 Å². The van der Waals surface area contributed by atoms with Gasteiger partial charge in [0.15, 0.2) is 0 Å². The van der Waals surface area contributed by atoms with Gasteiger partial charge in [-0.2, -0.15) is 0 Å². The van der Waals surface area contributed by atoms with Crippen LogP contribution in [0.4, 0.5) is 0 Å². The van der Waals surface area contributed by atoms with Gasteiger partial charge in [-0.25, -0.2) is 0 Å². The van der Waals surface area contributed by atoms with Gasteiger partial charge in [-0.3, -0.25) is 0 Å². The van der Waals surface area contributed by atoms with Crippen LogP contribution in [0.25, 0.3) is 0 Å². The van der Waals surface area contributed by atoms with Crippen LogP contribution in [-0.2, 0) is 0 Å². The van der Waals surface area contributed by atoms with E-state index in [-0.39, 0.29) is 0 Å². The van der Waals surface area contributed by atoms with Crippen LogP contribution in [-0.4, -0.2) is 0 Å². The Hall–Kier alpha value is 0. The molecule has 0 heterocycles. The topological polar surface area (TPSA) is 0 Å². The van der Waals surface area contributed by atoms with E-state index in [1.165, 1.54) is 83.5 Å². The van der Waals surface area contributed by atoms with Gasteiger partial charge < -0.3 is 0 Å². The Kier molecular flexibility index (Phi) is 15.1. The van der Waals surface area contributed by atoms with Gasteiger partial charge in [-0.15, -0.1) is 0 Å². The molecule has 1 unspecified atom stereocenters. The molecule has 0 aromatic carbocycles. The SMILES string of the molecule is [CH2]CCCCCCCC(CCC)CCCCCC. The van der Waals surface area contributed by atoms with Crippen molar-refractivity contribution < 1.29 is 0 Å². The zero-order valence-corrected chi connectivity index (χ0v) is 13.2. The molecule has 0 aromatic rings. The van der Waals surface area contributed by atoms with Crippen LogP contribution in [0, 0.1) is 12.8 Å². The standard InChI is InChI=1S/C18H37/c1-4-7-9-11-12-14-17-18(15-6-3)16-13-10-8-5-2/h18H,1,4-17H2,2-3H3. The first-order valence-corrected chi connectivity index (χ1v) is 8.64. The van der Waals surface area contributed by atoms with Crippen LogP contribution in [0.2, 0.25) is 0 Å². The van der Waals surface area contributed by atoms with E-state index in [2.05, 4.69) is 20.8 Å². The minimum Gasteiger partial charge on any atom is -0.0654 e. The minimum atomic E-state index is 1.03. The lowest BCUT2D eigenvalue weighted by molar-refractivity contribution is 0.378. The fourth-order valence-electron chi connectivity index (χ4n) is 2.84. The summed E-state index contributed by atoms with van der Waals surface area (Å²) < 4.78 is 0. The summed E-state index contributed by atoms with van der Waals surface area (Å²) in [5.41, 5.74) is 0. The van der Waals surface area contributed by atoms with E-state index in [4.69, 9.17) is 0 Å². The maximum atomic E-state index is 3.90. The van der Waals surface area contributed by atoms with Crippen molar-refractivity contribution in [2.75, 3.05) is 0 Å². The molecule has 0 rings (SSSR count). The summed E-state index contributed by atoms with van der Waals surface area (Å²) >= 11 is 0. The smallest absolute Gasteiger partial charge is 0.0414 e. The quantitative estimate of drug-likeness (QED) is 0.294. The van der Waals surface area contributed by atoms with Crippen molar-refractivity contribution in [1.82, 2.24) is 0 Å². The second-order valence-electron chi connectivity index (χ2n) is 5.91. The summed E-state index contributed by atoms with van der Waals surface area (Å²) in [6, 6.07) is 0. The Balaban J connectivity index is 3.44. The molecule has 0 saturated heterocycles. The van der Waals surface area contributed by atoms with Crippen LogP contribution in [0.1, 0.15) is 104 Å². The predicted molar refractivity (Wildman–Crippen MR) is 84.8 cm³/mol. The lowest BCUT2D eigenvalue weighted by atomic mass is 9.91. The van der Waals surface area contributed by atoms with Crippen LogP contribution in [0.5, 0.6) is 0 Å². The highest BCUT2D eigenvalue weighted by Crippen LogP contribution is 2.22. The highest BCUT2D eigenvalue weighted by molar-refractivity contribution is 4.60. The number of hydrogen-bond acceptors (Lipinski definition) is 0. The van der Waals surface area contributed by atoms with Crippen molar-refractivity contribution in [1.29, 1.82) is 0 Å². The van der Waals surface area contributed by atoms with E-state index in [0.29, 0.717) is 0 Å². The third kappa shape index (κ3) is 12.5. The van der Waals surface area contributed by atoms with Gasteiger partial charge in [0.2, 0.25) is 0 Å². The first-order chi connectivity index (χ1) is 8.85. The second kappa shape index (κ2) is 15.1. The molecule has 18 heavy (non-hydrogen) atoms. The van der Waals surface area contributed by atoms with Gasteiger partial charge >= 0.3 is 0 Å². The van der Waals surface area contributed by atoms with E-state index in [0.717, 1.165) is 12.3 Å². The van der Waals surface area contributed by atoms with Crippen molar-refractivity contribution >= 4 is 0 Å². The molecular formula is C18H37. The molecule has 0 spiro atoms. The highest BCUT2D eigenvalue weighted by Gasteiger charge is 2.07. The summed E-state index contributed by atoms with van der Waals surface area (Å²) in [7, 11) is 0. The molecule has 1 radical (unpaired) electrons. The van der Waals surface area contributed by atoms with Crippen LogP contribution >= 0.6 is 0 Å². The van der Waals surface area contributed by atoms with Crippen molar-refractivity contribution in [2.24, 2.45) is 5.92 Å². The average molecular weight is 253 g/mol. The molecule has 0 nitrogen and oxygen atoms in total. The monoisotopic (exact) mass is 253 g/mol. The van der Waals surface area contributed by atoms with Gasteiger partial charge in [0.25, 0.3) is 0 Å². The molecule has 109 valence electrons. The van der Waals surface area contributed by atoms with Gasteiger partial charge in [-0.05, 0) is 5.92 Å². The fourth-order valence-corrected chi connectivity index (χ4v) is 2.84. The van der Waals surface area contributed by atoms with E-state index in [9.17, 15) is 0 Å². The van der Waals surface area contributed by atoms with E-state index < -0.39 is 0 Å². The molecule has 0 aliphatic carbocycles. The van der Waals surface area contributed by atoms with E-state index in [1.807, 2.05) is 0 Å². The molecular weight excluding hydrogens is 216 g/mol. The van der Waals surface area contributed by atoms with Crippen LogP contribution in [0.3, 0.4) is 0 Å². The van der Waals surface area contributed by atoms with Gasteiger partial charge in [0, 0.05) is 0 Å². The Morgan fingerprint density at radius 2 is 1.17 bits per heavy atom. The molecule has 0 N–H and O–H groups in total. The normalized spacial score (nSPS) is 12.8. The molecule has 0 fully saturated rings. The molecule has 0 aliphatic rings. The summed E-state index contributed by atoms with van der Waals surface area (Å²) in [6.07, 6.45) is 19.8. The fraction of sp³-hybridized carbons (Fsp3) is 0.944. The molecule has 0 heteroatoms. The second-order valence-corrected chi connectivity index (χ2v) is 5.91. The van der Waals surface area contributed by atoms with Crippen molar-refractivity contribution in [3.8, 4) is 0 Å². The Morgan fingerprint density at radius 3 is 1.72 bits per heavy atom. The molecule has 0 amide bonds. The summed E-state index contributed by atoms with van der Waals surface area (Å²) in [6.45, 7) is 8.55. The van der Waals surface area contributed by atoms with Crippen molar-refractivity contribution in [3.63, 3.8) is 0 Å². The lowest BCUT2D eigenvalue weighted by Crippen LogP contribution is -2.00. The third-order valence-electron chi connectivity index (χ3n) is 4.03. The molecule has 0 aliphatic heterocycles. The number of unbranched alkanes of at least 4 members (excludes halogenated alkanes) is 8. The van der Waals surface area contributed by atoms with Crippen molar-refractivity contribution in [3.05, 3.63) is 6.92 Å². The minimum absolute atomic E-state index is 1.03. The van der Waals surface area contributed by atoms with E-state index >= 15 is 0 Å². The molecule has 1 atom stereocenters. The maximum Gasteiger partial charge on any atom is -0.0414 e. The summed E-state index contributed by atoms with van der Waals surface area (Å²) in [5.74, 6) is 1.03. The first kappa shape index (κ1) is 18.0. The van der Waals surface area contributed by atoms with Crippen molar-refractivity contribution in [2.45, 2.75) is 104 Å². The number of hydrogen-bond donors (Lipinski definition) is 0. The zero-order chi connectivity index (χ0) is 13.5. The number of rotatable bonds is 14. The summed E-state index contributed by atoms with van der Waals surface area (Å²) in [4.78, 5) is 0. The maximum absolute atomic E-state index is 3.90. The van der Waals surface area contributed by atoms with Crippen LogP contribution in [0.15, 0.2) is 0 Å². The lowest BCUT2D eigenvalue weighted by Gasteiger charge is -2.15. The third-order valence-corrected chi connectivity index (χ3v) is 4.03. The van der Waals surface area contributed by atoms with Gasteiger partial charge in [0.1, 0.15) is 0 Å². The van der Waals surface area contributed by atoms with Gasteiger partial charge in [0.05, 0.1) is 0 Å². The Bertz CT molecular complexity index is 139. The molecule has 0 aromatic heterocycles. The predicted octanol–water partition coefficient (Wildman–Crippen LogP) is 6.94. The highest BCUT2D eigenvalue weighted by atomic mass is 14.1. The Morgan fingerprint density at radius 1 is 0.611 bits per heavy atom. The van der Waals surface area contributed by atoms with Gasteiger partial charge in [-0.1, -0.05) is 111 Å². The Labute approximate surface area is 117 Å². The largest absolute Gasteiger partial charge is 0.0654 e. The average Bonchev–Trinajstić information content (AvgIpc) is 2.38. The molecule has 0 bridgehead atoms. The first-order valence-electron chi connectivity index (χ1n) is 8.64. The zero-order valence-electron chi connectivity index (χ0n) is 13.2. The molecule has 0 saturated carbocycles. The van der Waals surface area contributed by atoms with E-state index in [1.54, 1.807) is 0 Å².